The topological polar surface area (TPSA) is 62.9 Å². The second kappa shape index (κ2) is 6.54. The minimum Gasteiger partial charge on any atom is -0.496 e. The molecule has 21 heavy (non-hydrogen) atoms. The average molecular weight is 295 g/mol. The summed E-state index contributed by atoms with van der Waals surface area (Å²) in [4.78, 5) is 0. The lowest BCUT2D eigenvalue weighted by Crippen LogP contribution is -2.42. The van der Waals surface area contributed by atoms with Gasteiger partial charge < -0.3 is 24.7 Å². The Morgan fingerprint density at radius 2 is 1.62 bits per heavy atom. The molecule has 1 aliphatic rings. The molecule has 5 heteroatoms. The molecule has 1 saturated carbocycles. The van der Waals surface area contributed by atoms with Crippen LogP contribution in [0.2, 0.25) is 0 Å². The Labute approximate surface area is 126 Å². The first-order chi connectivity index (χ1) is 10.1. The fourth-order valence-corrected chi connectivity index (χ4v) is 2.96. The summed E-state index contributed by atoms with van der Waals surface area (Å²) >= 11 is 0. The predicted octanol–water partition coefficient (Wildman–Crippen LogP) is 2.67. The fourth-order valence-electron chi connectivity index (χ4n) is 2.96. The van der Waals surface area contributed by atoms with Gasteiger partial charge in [-0.05, 0) is 25.7 Å². The Morgan fingerprint density at radius 3 is 1.95 bits per heavy atom. The van der Waals surface area contributed by atoms with Crippen molar-refractivity contribution in [1.29, 1.82) is 0 Å². The maximum Gasteiger partial charge on any atom is 0.131 e. The van der Waals surface area contributed by atoms with E-state index in [4.69, 9.17) is 24.7 Å². The zero-order valence-corrected chi connectivity index (χ0v) is 13.3. The number of nitrogens with two attached hydrogens (primary N) is 1. The first kappa shape index (κ1) is 15.9. The van der Waals surface area contributed by atoms with Gasteiger partial charge in [0.1, 0.15) is 17.2 Å². The molecule has 1 aliphatic carbocycles. The molecule has 0 spiro atoms. The Bertz CT molecular complexity index is 455. The maximum atomic E-state index is 6.43. The molecule has 0 aromatic heterocycles. The molecule has 0 heterocycles. The van der Waals surface area contributed by atoms with E-state index in [1.807, 2.05) is 12.1 Å². The summed E-state index contributed by atoms with van der Waals surface area (Å²) in [5.74, 6) is 2.05. The van der Waals surface area contributed by atoms with Gasteiger partial charge in [0, 0.05) is 25.3 Å². The number of hydrogen-bond donors (Lipinski definition) is 1. The lowest BCUT2D eigenvalue weighted by atomic mass is 9.74. The van der Waals surface area contributed by atoms with E-state index in [1.165, 1.54) is 6.42 Å². The molecular weight excluding hydrogens is 270 g/mol. The van der Waals surface area contributed by atoms with Crippen LogP contribution in [-0.4, -0.2) is 34.0 Å². The van der Waals surface area contributed by atoms with E-state index < -0.39 is 0 Å². The first-order valence-corrected chi connectivity index (χ1v) is 7.20. The molecule has 0 aliphatic heterocycles. The quantitative estimate of drug-likeness (QED) is 0.838. The van der Waals surface area contributed by atoms with Crippen LogP contribution in [0.1, 0.15) is 37.3 Å². The number of methoxy groups -OCH3 is 4. The highest BCUT2D eigenvalue weighted by molar-refractivity contribution is 5.52. The minimum absolute atomic E-state index is 0.102. The van der Waals surface area contributed by atoms with Gasteiger partial charge in [-0.15, -0.1) is 0 Å². The van der Waals surface area contributed by atoms with Crippen LogP contribution < -0.4 is 19.9 Å². The van der Waals surface area contributed by atoms with Crippen LogP contribution in [0, 0.1) is 0 Å². The van der Waals surface area contributed by atoms with E-state index >= 15 is 0 Å². The van der Waals surface area contributed by atoms with Gasteiger partial charge >= 0.3 is 0 Å². The zero-order valence-electron chi connectivity index (χ0n) is 13.3. The van der Waals surface area contributed by atoms with E-state index in [0.29, 0.717) is 17.2 Å². The molecule has 5 nitrogen and oxygen atoms in total. The molecule has 0 bridgehead atoms. The largest absolute Gasteiger partial charge is 0.496 e. The average Bonchev–Trinajstić information content (AvgIpc) is 2.48. The molecule has 2 rings (SSSR count). The normalized spacial score (nSPS) is 17.8. The lowest BCUT2D eigenvalue weighted by Gasteiger charge is -2.42. The van der Waals surface area contributed by atoms with Gasteiger partial charge in [0.05, 0.1) is 32.5 Å². The molecule has 0 radical (unpaired) electrons. The van der Waals surface area contributed by atoms with Gasteiger partial charge in [-0.2, -0.15) is 0 Å². The summed E-state index contributed by atoms with van der Waals surface area (Å²) in [5.41, 5.74) is 7.19. The zero-order chi connectivity index (χ0) is 15.5. The molecule has 1 unspecified atom stereocenters. The third kappa shape index (κ3) is 3.09. The van der Waals surface area contributed by atoms with Crippen molar-refractivity contribution in [2.24, 2.45) is 5.73 Å². The molecule has 2 N–H and O–H groups in total. The number of hydrogen-bond acceptors (Lipinski definition) is 5. The van der Waals surface area contributed by atoms with Crippen molar-refractivity contribution in [2.45, 2.75) is 37.3 Å². The van der Waals surface area contributed by atoms with E-state index in [9.17, 15) is 0 Å². The fraction of sp³-hybridized carbons (Fsp3) is 0.625. The van der Waals surface area contributed by atoms with Crippen molar-refractivity contribution in [3.63, 3.8) is 0 Å². The SMILES string of the molecule is COc1cc(OC)c(C(N)CC2(OC)CCC2)c(OC)c1. The summed E-state index contributed by atoms with van der Waals surface area (Å²) in [5, 5.41) is 0. The summed E-state index contributed by atoms with van der Waals surface area (Å²) in [6, 6.07) is 3.46. The van der Waals surface area contributed by atoms with Crippen LogP contribution in [0.4, 0.5) is 0 Å². The van der Waals surface area contributed by atoms with E-state index in [-0.39, 0.29) is 11.6 Å². The second-order valence-electron chi connectivity index (χ2n) is 5.50. The molecule has 1 aromatic rings. The Hall–Kier alpha value is -1.46. The van der Waals surface area contributed by atoms with E-state index in [2.05, 4.69) is 0 Å². The van der Waals surface area contributed by atoms with Gasteiger partial charge in [0.25, 0.3) is 0 Å². The highest BCUT2D eigenvalue weighted by Gasteiger charge is 2.39. The van der Waals surface area contributed by atoms with Gasteiger partial charge in [-0.25, -0.2) is 0 Å². The Morgan fingerprint density at radius 1 is 1.05 bits per heavy atom. The smallest absolute Gasteiger partial charge is 0.131 e. The van der Waals surface area contributed by atoms with E-state index in [1.54, 1.807) is 28.4 Å². The highest BCUT2D eigenvalue weighted by Crippen LogP contribution is 2.45. The number of benzene rings is 1. The number of ether oxygens (including phenoxy) is 4. The summed E-state index contributed by atoms with van der Waals surface area (Å²) in [7, 11) is 6.62. The molecule has 0 amide bonds. The third-order valence-electron chi connectivity index (χ3n) is 4.41. The molecule has 118 valence electrons. The molecule has 1 aromatic carbocycles. The number of rotatable bonds is 7. The van der Waals surface area contributed by atoms with Crippen LogP contribution >= 0.6 is 0 Å². The van der Waals surface area contributed by atoms with Crippen LogP contribution in [0.15, 0.2) is 12.1 Å². The van der Waals surface area contributed by atoms with Crippen molar-refractivity contribution in [3.05, 3.63) is 17.7 Å². The molecular formula is C16H25NO4. The van der Waals surface area contributed by atoms with Crippen LogP contribution in [0.5, 0.6) is 17.2 Å². The summed E-state index contributed by atoms with van der Waals surface area (Å²) < 4.78 is 21.9. The Kier molecular flexibility index (Phi) is 4.96. The minimum atomic E-state index is -0.207. The summed E-state index contributed by atoms with van der Waals surface area (Å²) in [6.45, 7) is 0. The van der Waals surface area contributed by atoms with Crippen molar-refractivity contribution < 1.29 is 18.9 Å². The van der Waals surface area contributed by atoms with Crippen molar-refractivity contribution in [3.8, 4) is 17.2 Å². The first-order valence-electron chi connectivity index (χ1n) is 7.20. The van der Waals surface area contributed by atoms with Crippen molar-refractivity contribution in [1.82, 2.24) is 0 Å². The van der Waals surface area contributed by atoms with Gasteiger partial charge in [-0.3, -0.25) is 0 Å². The highest BCUT2D eigenvalue weighted by atomic mass is 16.5. The van der Waals surface area contributed by atoms with Crippen LogP contribution in [0.3, 0.4) is 0 Å². The van der Waals surface area contributed by atoms with Crippen LogP contribution in [-0.2, 0) is 4.74 Å². The molecule has 1 atom stereocenters. The Balaban J connectivity index is 2.32. The molecule has 0 saturated heterocycles. The van der Waals surface area contributed by atoms with Gasteiger partial charge in [-0.1, -0.05) is 0 Å². The monoisotopic (exact) mass is 295 g/mol. The van der Waals surface area contributed by atoms with Crippen molar-refractivity contribution in [2.75, 3.05) is 28.4 Å². The summed E-state index contributed by atoms with van der Waals surface area (Å²) in [6.07, 6.45) is 4.05. The maximum absolute atomic E-state index is 6.43. The van der Waals surface area contributed by atoms with Gasteiger partial charge in [0.2, 0.25) is 0 Å². The van der Waals surface area contributed by atoms with Gasteiger partial charge in [0.15, 0.2) is 0 Å². The van der Waals surface area contributed by atoms with Crippen LogP contribution in [0.25, 0.3) is 0 Å². The molecule has 1 fully saturated rings. The third-order valence-corrected chi connectivity index (χ3v) is 4.41. The predicted molar refractivity (Wildman–Crippen MR) is 81.2 cm³/mol. The van der Waals surface area contributed by atoms with E-state index in [0.717, 1.165) is 24.8 Å². The lowest BCUT2D eigenvalue weighted by molar-refractivity contribution is -0.0818. The standard InChI is InChI=1S/C16H25NO4/c1-18-11-8-13(19-2)15(14(9-11)20-3)12(17)10-16(21-4)6-5-7-16/h8-9,12H,5-7,10,17H2,1-4H3. The second-order valence-corrected chi connectivity index (χ2v) is 5.50. The van der Waals surface area contributed by atoms with Crippen molar-refractivity contribution >= 4 is 0 Å².